The van der Waals surface area contributed by atoms with Gasteiger partial charge in [-0.15, -0.1) is 0 Å². The van der Waals surface area contributed by atoms with E-state index < -0.39 is 46.1 Å². The number of nitrogens with zero attached hydrogens (tertiary/aromatic N) is 1. The van der Waals surface area contributed by atoms with Crippen LogP contribution in [0.3, 0.4) is 0 Å². The second kappa shape index (κ2) is 9.44. The van der Waals surface area contributed by atoms with Gasteiger partial charge in [0.15, 0.2) is 23.2 Å². The molecule has 0 spiro atoms. The molecule has 1 aliphatic rings. The Balaban J connectivity index is 1.97. The molecule has 6 nitrogen and oxygen atoms in total. The van der Waals surface area contributed by atoms with Crippen molar-refractivity contribution in [1.29, 1.82) is 0 Å². The molecule has 1 fully saturated rings. The molecule has 1 saturated heterocycles. The van der Waals surface area contributed by atoms with Crippen molar-refractivity contribution in [2.24, 2.45) is 0 Å². The molecule has 1 aromatic heterocycles. The monoisotopic (exact) mass is 515 g/mol. The summed E-state index contributed by atoms with van der Waals surface area (Å²) in [6.45, 7) is 0.704. The van der Waals surface area contributed by atoms with E-state index in [9.17, 15) is 28.2 Å². The first-order valence-corrected chi connectivity index (χ1v) is 11.4. The number of rotatable bonds is 5. The predicted octanol–water partition coefficient (Wildman–Crippen LogP) is 6.16. The largest absolute Gasteiger partial charge is 0.507 e. The highest BCUT2D eigenvalue weighted by Crippen LogP contribution is 2.48. The van der Waals surface area contributed by atoms with Crippen LogP contribution in [0.25, 0.3) is 27.7 Å². The number of carboxylic acid groups (broad SMARTS) is 1. The summed E-state index contributed by atoms with van der Waals surface area (Å²) < 4.78 is 71.0. The molecule has 4 aromatic rings. The molecule has 0 radical (unpaired) electrons. The predicted molar refractivity (Wildman–Crippen MR) is 127 cm³/mol. The van der Waals surface area contributed by atoms with Gasteiger partial charge in [-0.2, -0.15) is 0 Å². The third-order valence-electron chi connectivity index (χ3n) is 6.59. The lowest BCUT2D eigenvalue weighted by Crippen LogP contribution is -2.18. The molecule has 1 aliphatic heterocycles. The molecular weight excluding hydrogens is 494 g/mol. The van der Waals surface area contributed by atoms with Gasteiger partial charge in [-0.25, -0.2) is 22.4 Å². The van der Waals surface area contributed by atoms with Crippen molar-refractivity contribution in [3.8, 4) is 28.3 Å². The van der Waals surface area contributed by atoms with Crippen LogP contribution in [-0.2, 0) is 4.74 Å². The number of phenols is 1. The molecule has 0 unspecified atom stereocenters. The van der Waals surface area contributed by atoms with Gasteiger partial charge >= 0.3 is 5.97 Å². The molecule has 0 atom stereocenters. The Morgan fingerprint density at radius 3 is 2.43 bits per heavy atom. The number of aromatic hydroxyl groups is 1. The number of aromatic nitrogens is 1. The Bertz CT molecular complexity index is 1540. The minimum absolute atomic E-state index is 0.00739. The minimum Gasteiger partial charge on any atom is -0.507 e. The van der Waals surface area contributed by atoms with Crippen molar-refractivity contribution in [2.45, 2.75) is 18.8 Å². The number of carbonyl (C=O) groups is 1. The van der Waals surface area contributed by atoms with E-state index in [1.165, 1.54) is 23.8 Å². The van der Waals surface area contributed by atoms with E-state index in [0.29, 0.717) is 43.5 Å². The van der Waals surface area contributed by atoms with Crippen LogP contribution in [0.2, 0.25) is 0 Å². The lowest BCUT2D eigenvalue weighted by Gasteiger charge is -2.26. The highest BCUT2D eigenvalue weighted by molar-refractivity contribution is 6.04. The molecule has 2 heterocycles. The van der Waals surface area contributed by atoms with Crippen molar-refractivity contribution >= 4 is 16.9 Å². The fourth-order valence-corrected chi connectivity index (χ4v) is 4.97. The summed E-state index contributed by atoms with van der Waals surface area (Å²) in [4.78, 5) is 11.7. The van der Waals surface area contributed by atoms with Crippen molar-refractivity contribution in [2.75, 3.05) is 20.3 Å². The quantitative estimate of drug-likeness (QED) is 0.311. The molecule has 0 amide bonds. The zero-order valence-corrected chi connectivity index (χ0v) is 19.5. The fraction of sp³-hybridized carbons (Fsp3) is 0.222. The number of phenolic OH excluding ortho intramolecular Hbond substituents is 1. The van der Waals surface area contributed by atoms with Gasteiger partial charge in [0.05, 0.1) is 23.6 Å². The molecular formula is C27H21F4NO5. The number of ether oxygens (including phenoxy) is 2. The first-order valence-electron chi connectivity index (χ1n) is 11.4. The van der Waals surface area contributed by atoms with Gasteiger partial charge in [-0.3, -0.25) is 0 Å². The maximum absolute atomic E-state index is 15.4. The Labute approximate surface area is 208 Å². The van der Waals surface area contributed by atoms with Crippen LogP contribution in [0.15, 0.2) is 42.5 Å². The van der Waals surface area contributed by atoms with E-state index in [1.807, 2.05) is 0 Å². The van der Waals surface area contributed by atoms with Gasteiger partial charge in [0.25, 0.3) is 0 Å². The van der Waals surface area contributed by atoms with Gasteiger partial charge in [0, 0.05) is 53.8 Å². The molecule has 192 valence electrons. The highest BCUT2D eigenvalue weighted by atomic mass is 19.2. The average molecular weight is 515 g/mol. The zero-order valence-electron chi connectivity index (χ0n) is 19.5. The second-order valence-electron chi connectivity index (χ2n) is 8.74. The van der Waals surface area contributed by atoms with Crippen LogP contribution in [0.1, 0.15) is 34.8 Å². The van der Waals surface area contributed by atoms with Gasteiger partial charge in [0.1, 0.15) is 11.6 Å². The Morgan fingerprint density at radius 2 is 1.76 bits per heavy atom. The average Bonchev–Trinajstić information content (AvgIpc) is 3.21. The molecule has 10 heteroatoms. The first kappa shape index (κ1) is 24.6. The van der Waals surface area contributed by atoms with Crippen LogP contribution in [0.4, 0.5) is 17.6 Å². The van der Waals surface area contributed by atoms with E-state index in [2.05, 4.69) is 0 Å². The smallest absolute Gasteiger partial charge is 0.335 e. The number of fused-ring (bicyclic) bond motifs is 1. The van der Waals surface area contributed by atoms with Crippen LogP contribution >= 0.6 is 0 Å². The van der Waals surface area contributed by atoms with E-state index in [4.69, 9.17) is 9.47 Å². The number of hydrogen-bond donors (Lipinski definition) is 2. The Morgan fingerprint density at radius 1 is 1.03 bits per heavy atom. The maximum Gasteiger partial charge on any atom is 0.335 e. The van der Waals surface area contributed by atoms with Crippen molar-refractivity contribution in [3.05, 3.63) is 77.0 Å². The lowest BCUT2D eigenvalue weighted by atomic mass is 9.89. The summed E-state index contributed by atoms with van der Waals surface area (Å²) in [6.07, 6.45) is 0.904. The lowest BCUT2D eigenvalue weighted by molar-refractivity contribution is 0.0696. The highest BCUT2D eigenvalue weighted by Gasteiger charge is 2.32. The third kappa shape index (κ3) is 4.17. The van der Waals surface area contributed by atoms with Gasteiger partial charge in [-0.1, -0.05) is 0 Å². The van der Waals surface area contributed by atoms with Crippen molar-refractivity contribution < 1.29 is 42.0 Å². The van der Waals surface area contributed by atoms with Crippen molar-refractivity contribution in [1.82, 2.24) is 4.57 Å². The molecule has 0 aliphatic carbocycles. The van der Waals surface area contributed by atoms with E-state index in [0.717, 1.165) is 24.3 Å². The van der Waals surface area contributed by atoms with Crippen LogP contribution in [0.5, 0.6) is 11.5 Å². The molecule has 5 rings (SSSR count). The first-order chi connectivity index (χ1) is 17.7. The van der Waals surface area contributed by atoms with Crippen LogP contribution in [-0.4, -0.2) is 41.1 Å². The molecule has 0 saturated carbocycles. The van der Waals surface area contributed by atoms with E-state index >= 15 is 4.39 Å². The normalized spacial score (nSPS) is 14.3. The summed E-state index contributed by atoms with van der Waals surface area (Å²) in [6, 6.07) is 7.44. The summed E-state index contributed by atoms with van der Waals surface area (Å²) in [5.41, 5.74) is -0.105. The molecule has 2 N–H and O–H groups in total. The number of methoxy groups -OCH3 is 1. The summed E-state index contributed by atoms with van der Waals surface area (Å²) in [5, 5.41) is 20.4. The zero-order chi connectivity index (χ0) is 26.4. The van der Waals surface area contributed by atoms with Gasteiger partial charge in [-0.05, 0) is 43.2 Å². The SMILES string of the molecule is COc1cc(-n2c(C3CCOCC3)c(-c3cc(C(=O)O)cc(F)c3F)c3c(O)cc(F)cc32)ccc1F. The number of carboxylic acids is 1. The standard InChI is InChI=1S/C27H21F4NO5/c1-36-22-12-16(2-3-18(22)29)32-20-10-15(28)11-21(33)24(20)23(26(32)13-4-6-37-7-5-13)17-8-14(27(34)35)9-19(30)25(17)31/h2-3,8-13,33H,4-7H2,1H3,(H,34,35). The minimum atomic E-state index is -1.48. The van der Waals surface area contributed by atoms with Gasteiger partial charge < -0.3 is 24.3 Å². The fourth-order valence-electron chi connectivity index (χ4n) is 4.97. The topological polar surface area (TPSA) is 80.9 Å². The summed E-state index contributed by atoms with van der Waals surface area (Å²) in [5.74, 6) is -6.63. The van der Waals surface area contributed by atoms with E-state index in [-0.39, 0.29) is 28.1 Å². The molecule has 37 heavy (non-hydrogen) atoms. The Hall–Kier alpha value is -4.05. The van der Waals surface area contributed by atoms with Gasteiger partial charge in [0.2, 0.25) is 0 Å². The molecule has 0 bridgehead atoms. The number of hydrogen-bond acceptors (Lipinski definition) is 4. The van der Waals surface area contributed by atoms with E-state index in [1.54, 1.807) is 0 Å². The summed E-state index contributed by atoms with van der Waals surface area (Å²) >= 11 is 0. The van der Waals surface area contributed by atoms with Crippen LogP contribution < -0.4 is 4.74 Å². The number of aromatic carboxylic acids is 1. The van der Waals surface area contributed by atoms with Crippen molar-refractivity contribution in [3.63, 3.8) is 0 Å². The third-order valence-corrected chi connectivity index (χ3v) is 6.59. The number of halogens is 4. The summed E-state index contributed by atoms with van der Waals surface area (Å²) in [7, 11) is 1.28. The Kier molecular flexibility index (Phi) is 6.28. The molecule has 3 aromatic carbocycles. The number of benzene rings is 3. The van der Waals surface area contributed by atoms with Crippen LogP contribution in [0, 0.1) is 23.3 Å². The maximum atomic E-state index is 15.4. The second-order valence-corrected chi connectivity index (χ2v) is 8.74.